The standard InChI is InChI=1S/C20H41NO.ClH/c1-4-5-6-7-8-9-10-11-12-13-14-15-16-17-18-19-20(22)21(2)3;/h4-19H2,1-3H3;1H. The van der Waals surface area contributed by atoms with Crippen LogP contribution in [0.3, 0.4) is 0 Å². The van der Waals surface area contributed by atoms with E-state index in [1.165, 1.54) is 89.9 Å². The van der Waals surface area contributed by atoms with Crippen LogP contribution in [0.25, 0.3) is 0 Å². The zero-order valence-electron chi connectivity index (χ0n) is 16.1. The van der Waals surface area contributed by atoms with Crippen molar-refractivity contribution in [3.8, 4) is 0 Å². The smallest absolute Gasteiger partial charge is 0.311 e. The van der Waals surface area contributed by atoms with Gasteiger partial charge < -0.3 is 12.4 Å². The molecule has 0 aliphatic heterocycles. The molecular formula is C20H42ClNO. The first-order valence-corrected chi connectivity index (χ1v) is 10.0. The molecule has 0 spiro atoms. The van der Waals surface area contributed by atoms with E-state index in [4.69, 9.17) is 0 Å². The second-order valence-corrected chi connectivity index (χ2v) is 7.12. The summed E-state index contributed by atoms with van der Waals surface area (Å²) in [7, 11) is 3.85. The average molecular weight is 348 g/mol. The van der Waals surface area contributed by atoms with E-state index in [9.17, 15) is 4.79 Å². The molecule has 3 heteroatoms. The van der Waals surface area contributed by atoms with Gasteiger partial charge in [0, 0.05) is 0 Å². The highest BCUT2D eigenvalue weighted by Gasteiger charge is 2.07. The van der Waals surface area contributed by atoms with E-state index in [1.807, 2.05) is 14.1 Å². The van der Waals surface area contributed by atoms with Gasteiger partial charge in [0.25, 0.3) is 0 Å². The topological polar surface area (TPSA) is 21.5 Å². The second-order valence-electron chi connectivity index (χ2n) is 7.12. The summed E-state index contributed by atoms with van der Waals surface area (Å²) in [5, 5.41) is 0. The third-order valence-corrected chi connectivity index (χ3v) is 4.57. The fraction of sp³-hybridized carbons (Fsp3) is 0.950. The Hall–Kier alpha value is -0.0800. The van der Waals surface area contributed by atoms with Crippen molar-refractivity contribution in [3.05, 3.63) is 0 Å². The molecule has 1 N–H and O–H groups in total. The van der Waals surface area contributed by atoms with E-state index < -0.39 is 0 Å². The van der Waals surface area contributed by atoms with Crippen molar-refractivity contribution in [2.45, 2.75) is 110 Å². The number of carbonyl (C=O) groups is 1. The molecule has 2 nitrogen and oxygen atoms in total. The molecule has 0 aromatic rings. The second kappa shape index (κ2) is 20.0. The maximum absolute atomic E-state index is 11.4. The van der Waals surface area contributed by atoms with Gasteiger partial charge in [-0.05, 0) is 6.42 Å². The number of carbonyl (C=O) groups excluding carboxylic acids is 1. The predicted octanol–water partition coefficient (Wildman–Crippen LogP) is 1.92. The van der Waals surface area contributed by atoms with Gasteiger partial charge in [0.05, 0.1) is 20.5 Å². The van der Waals surface area contributed by atoms with Gasteiger partial charge in [-0.1, -0.05) is 96.8 Å². The van der Waals surface area contributed by atoms with Crippen LogP contribution >= 0.6 is 0 Å². The zero-order valence-corrected chi connectivity index (χ0v) is 16.9. The first kappa shape index (κ1) is 25.2. The van der Waals surface area contributed by atoms with Crippen molar-refractivity contribution < 1.29 is 22.1 Å². The van der Waals surface area contributed by atoms with E-state index in [2.05, 4.69) is 6.92 Å². The van der Waals surface area contributed by atoms with Gasteiger partial charge in [0.15, 0.2) is 0 Å². The summed E-state index contributed by atoms with van der Waals surface area (Å²) in [5.74, 6) is 0.356. The molecule has 0 saturated heterocycles. The van der Waals surface area contributed by atoms with Crippen LogP contribution in [0.15, 0.2) is 0 Å². The Kier molecular flexibility index (Phi) is 21.8. The van der Waals surface area contributed by atoms with Crippen LogP contribution in [0.5, 0.6) is 0 Å². The summed E-state index contributed by atoms with van der Waals surface area (Å²) in [5.41, 5.74) is 0. The first-order chi connectivity index (χ1) is 10.7. The summed E-state index contributed by atoms with van der Waals surface area (Å²) in [6.07, 6.45) is 21.4. The number of rotatable bonds is 16. The molecule has 0 aromatic carbocycles. The lowest BCUT2D eigenvalue weighted by Crippen LogP contribution is -3.08. The maximum atomic E-state index is 11.4. The highest BCUT2D eigenvalue weighted by atomic mass is 35.5. The van der Waals surface area contributed by atoms with Crippen LogP contribution < -0.4 is 17.3 Å². The fourth-order valence-corrected chi connectivity index (χ4v) is 2.91. The SMILES string of the molecule is CCCCCCCCCCCCCCCCCC(=O)[NH+](C)C.[Cl-]. The van der Waals surface area contributed by atoms with Crippen LogP contribution in [0.1, 0.15) is 110 Å². The molecule has 0 aliphatic carbocycles. The molecule has 0 heterocycles. The Balaban J connectivity index is 0. The molecule has 140 valence electrons. The number of hydrogen-bond acceptors (Lipinski definition) is 1. The Morgan fingerprint density at radius 3 is 1.22 bits per heavy atom. The van der Waals surface area contributed by atoms with Crippen LogP contribution in [0.2, 0.25) is 0 Å². The maximum Gasteiger partial charge on any atom is 0.311 e. The van der Waals surface area contributed by atoms with Gasteiger partial charge in [-0.25, -0.2) is 4.79 Å². The Morgan fingerprint density at radius 1 is 0.609 bits per heavy atom. The van der Waals surface area contributed by atoms with E-state index in [-0.39, 0.29) is 12.4 Å². The Bertz CT molecular complexity index is 244. The minimum absolute atomic E-state index is 0. The minimum Gasteiger partial charge on any atom is -1.00 e. The number of quaternary nitrogens is 1. The van der Waals surface area contributed by atoms with Crippen LogP contribution in [0.4, 0.5) is 0 Å². The summed E-state index contributed by atoms with van der Waals surface area (Å²) in [6, 6.07) is 0. The first-order valence-electron chi connectivity index (χ1n) is 10.0. The van der Waals surface area contributed by atoms with Gasteiger partial charge >= 0.3 is 5.91 Å². The summed E-state index contributed by atoms with van der Waals surface area (Å²) < 4.78 is 0. The van der Waals surface area contributed by atoms with E-state index >= 15 is 0 Å². The molecule has 0 aromatic heterocycles. The largest absolute Gasteiger partial charge is 1.00 e. The van der Waals surface area contributed by atoms with Gasteiger partial charge in [-0.3, -0.25) is 4.90 Å². The van der Waals surface area contributed by atoms with Crippen LogP contribution in [-0.2, 0) is 4.79 Å². The number of hydrogen-bond donors (Lipinski definition) is 1. The Labute approximate surface area is 152 Å². The van der Waals surface area contributed by atoms with Crippen molar-refractivity contribution in [3.63, 3.8) is 0 Å². The molecular weight excluding hydrogens is 306 g/mol. The van der Waals surface area contributed by atoms with Crippen molar-refractivity contribution in [2.24, 2.45) is 0 Å². The van der Waals surface area contributed by atoms with E-state index in [0.29, 0.717) is 5.91 Å². The van der Waals surface area contributed by atoms with Gasteiger partial charge in [-0.2, -0.15) is 0 Å². The fourth-order valence-electron chi connectivity index (χ4n) is 2.91. The van der Waals surface area contributed by atoms with Crippen molar-refractivity contribution >= 4 is 5.91 Å². The molecule has 1 amide bonds. The molecule has 0 aliphatic rings. The molecule has 23 heavy (non-hydrogen) atoms. The van der Waals surface area contributed by atoms with E-state index in [0.717, 1.165) is 17.7 Å². The van der Waals surface area contributed by atoms with Gasteiger partial charge in [0.1, 0.15) is 0 Å². The van der Waals surface area contributed by atoms with Crippen molar-refractivity contribution in [1.82, 2.24) is 0 Å². The highest BCUT2D eigenvalue weighted by Crippen LogP contribution is 2.13. The Morgan fingerprint density at radius 2 is 0.913 bits per heavy atom. The molecule has 0 saturated carbocycles. The predicted molar refractivity (Wildman–Crippen MR) is 97.4 cm³/mol. The lowest BCUT2D eigenvalue weighted by atomic mass is 10.0. The number of unbranched alkanes of at least 4 members (excludes halogenated alkanes) is 14. The molecule has 0 atom stereocenters. The quantitative estimate of drug-likeness (QED) is 0.423. The molecule has 0 rings (SSSR count). The lowest BCUT2D eigenvalue weighted by molar-refractivity contribution is -0.775. The molecule has 0 fully saturated rings. The monoisotopic (exact) mass is 347 g/mol. The zero-order chi connectivity index (χ0) is 16.5. The summed E-state index contributed by atoms with van der Waals surface area (Å²) in [6.45, 7) is 2.28. The number of nitrogens with one attached hydrogen (secondary N) is 1. The van der Waals surface area contributed by atoms with Crippen molar-refractivity contribution in [1.29, 1.82) is 0 Å². The summed E-state index contributed by atoms with van der Waals surface area (Å²) in [4.78, 5) is 12.4. The van der Waals surface area contributed by atoms with E-state index in [1.54, 1.807) is 0 Å². The lowest BCUT2D eigenvalue weighted by Gasteiger charge is -2.05. The number of amides is 1. The van der Waals surface area contributed by atoms with Crippen LogP contribution in [-0.4, -0.2) is 20.0 Å². The van der Waals surface area contributed by atoms with Crippen molar-refractivity contribution in [2.75, 3.05) is 14.1 Å². The van der Waals surface area contributed by atoms with Crippen LogP contribution in [0, 0.1) is 0 Å². The third kappa shape index (κ3) is 19.9. The van der Waals surface area contributed by atoms with Gasteiger partial charge in [0.2, 0.25) is 0 Å². The molecule has 0 radical (unpaired) electrons. The average Bonchev–Trinajstić information content (AvgIpc) is 2.50. The normalized spacial score (nSPS) is 10.8. The summed E-state index contributed by atoms with van der Waals surface area (Å²) >= 11 is 0. The third-order valence-electron chi connectivity index (χ3n) is 4.57. The van der Waals surface area contributed by atoms with Gasteiger partial charge in [-0.15, -0.1) is 0 Å². The number of halogens is 1. The molecule has 0 bridgehead atoms. The highest BCUT2D eigenvalue weighted by molar-refractivity contribution is 5.66. The molecule has 0 unspecified atom stereocenters. The minimum atomic E-state index is 0.